The molecule has 0 radical (unpaired) electrons. The quantitative estimate of drug-likeness (QED) is 0.753. The normalized spacial score (nSPS) is 24.1. The smallest absolute Gasteiger partial charge is 0.109 e. The number of fused-ring (bicyclic) bond motifs is 3. The third-order valence-electron chi connectivity index (χ3n) is 4.17. The van der Waals surface area contributed by atoms with Gasteiger partial charge in [0, 0.05) is 12.1 Å². The van der Waals surface area contributed by atoms with Crippen molar-refractivity contribution in [2.24, 2.45) is 4.99 Å². The molecule has 0 amide bonds. The van der Waals surface area contributed by atoms with Gasteiger partial charge in [-0.2, -0.15) is 0 Å². The number of para-hydroxylation sites is 1. The van der Waals surface area contributed by atoms with Crippen LogP contribution in [0.5, 0.6) is 0 Å². The van der Waals surface area contributed by atoms with Gasteiger partial charge >= 0.3 is 0 Å². The maximum absolute atomic E-state index is 4.96. The van der Waals surface area contributed by atoms with E-state index in [4.69, 9.17) is 4.99 Å². The van der Waals surface area contributed by atoms with Crippen molar-refractivity contribution in [3.05, 3.63) is 65.7 Å². The molecule has 2 atom stereocenters. The maximum Gasteiger partial charge on any atom is 0.109 e. The van der Waals surface area contributed by atoms with Gasteiger partial charge in [-0.3, -0.25) is 4.99 Å². The fourth-order valence-electron chi connectivity index (χ4n) is 3.27. The first-order valence-corrected chi connectivity index (χ1v) is 6.83. The van der Waals surface area contributed by atoms with Crippen molar-refractivity contribution >= 4 is 11.5 Å². The highest BCUT2D eigenvalue weighted by molar-refractivity contribution is 6.07. The van der Waals surface area contributed by atoms with Crippen LogP contribution in [0.3, 0.4) is 0 Å². The lowest BCUT2D eigenvalue weighted by Gasteiger charge is -2.24. The van der Waals surface area contributed by atoms with E-state index in [0.29, 0.717) is 6.04 Å². The maximum atomic E-state index is 4.96. The SMILES string of the molecule is CC1C(c2ccccc2)N=C2Cc3ccccc3N21. The van der Waals surface area contributed by atoms with Gasteiger partial charge in [-0.25, -0.2) is 0 Å². The summed E-state index contributed by atoms with van der Waals surface area (Å²) in [4.78, 5) is 7.37. The van der Waals surface area contributed by atoms with E-state index in [2.05, 4.69) is 66.4 Å². The van der Waals surface area contributed by atoms with Crippen molar-refractivity contribution in [1.82, 2.24) is 0 Å². The molecule has 0 saturated carbocycles. The minimum Gasteiger partial charge on any atom is -0.324 e. The summed E-state index contributed by atoms with van der Waals surface area (Å²) < 4.78 is 0. The summed E-state index contributed by atoms with van der Waals surface area (Å²) in [6.45, 7) is 2.27. The van der Waals surface area contributed by atoms with E-state index in [-0.39, 0.29) is 6.04 Å². The number of hydrogen-bond acceptors (Lipinski definition) is 2. The van der Waals surface area contributed by atoms with Crippen molar-refractivity contribution in [3.63, 3.8) is 0 Å². The Morgan fingerprint density at radius 2 is 1.74 bits per heavy atom. The third-order valence-corrected chi connectivity index (χ3v) is 4.17. The summed E-state index contributed by atoms with van der Waals surface area (Å²) in [7, 11) is 0. The molecule has 2 aliphatic rings. The lowest BCUT2D eigenvalue weighted by atomic mass is 10.0. The van der Waals surface area contributed by atoms with Gasteiger partial charge in [0.1, 0.15) is 5.84 Å². The highest BCUT2D eigenvalue weighted by Gasteiger charge is 2.39. The third kappa shape index (κ3) is 1.53. The largest absolute Gasteiger partial charge is 0.324 e. The van der Waals surface area contributed by atoms with Gasteiger partial charge in [0.2, 0.25) is 0 Å². The summed E-state index contributed by atoms with van der Waals surface area (Å²) in [5.74, 6) is 1.22. The lowest BCUT2D eigenvalue weighted by molar-refractivity contribution is 0.626. The molecule has 0 fully saturated rings. The average molecular weight is 248 g/mol. The van der Waals surface area contributed by atoms with Crippen LogP contribution in [0.1, 0.15) is 24.1 Å². The predicted octanol–water partition coefficient (Wildman–Crippen LogP) is 3.59. The summed E-state index contributed by atoms with van der Waals surface area (Å²) in [5, 5.41) is 0. The van der Waals surface area contributed by atoms with E-state index in [9.17, 15) is 0 Å². The van der Waals surface area contributed by atoms with Crippen LogP contribution in [0.2, 0.25) is 0 Å². The van der Waals surface area contributed by atoms with Crippen molar-refractivity contribution < 1.29 is 0 Å². The van der Waals surface area contributed by atoms with Gasteiger partial charge < -0.3 is 4.90 Å². The summed E-state index contributed by atoms with van der Waals surface area (Å²) in [6, 6.07) is 19.9. The molecule has 2 heterocycles. The Balaban J connectivity index is 1.75. The topological polar surface area (TPSA) is 15.6 Å². The molecular formula is C17H16N2. The summed E-state index contributed by atoms with van der Waals surface area (Å²) in [5.41, 5.74) is 4.06. The first kappa shape index (κ1) is 10.8. The molecule has 2 unspecified atom stereocenters. The Labute approximate surface area is 113 Å². The van der Waals surface area contributed by atoms with Crippen LogP contribution in [0.15, 0.2) is 59.6 Å². The number of amidine groups is 1. The summed E-state index contributed by atoms with van der Waals surface area (Å²) >= 11 is 0. The van der Waals surface area contributed by atoms with Gasteiger partial charge in [-0.05, 0) is 24.1 Å². The van der Waals surface area contributed by atoms with Crippen LogP contribution in [-0.4, -0.2) is 11.9 Å². The Morgan fingerprint density at radius 1 is 1.00 bits per heavy atom. The number of rotatable bonds is 1. The van der Waals surface area contributed by atoms with E-state index in [0.717, 1.165) is 6.42 Å². The molecule has 0 N–H and O–H groups in total. The molecule has 2 aliphatic heterocycles. The van der Waals surface area contributed by atoms with Crippen molar-refractivity contribution in [2.45, 2.75) is 25.4 Å². The van der Waals surface area contributed by atoms with Crippen LogP contribution < -0.4 is 4.90 Å². The number of hydrogen-bond donors (Lipinski definition) is 0. The van der Waals surface area contributed by atoms with Crippen molar-refractivity contribution in [3.8, 4) is 0 Å². The number of aliphatic imine (C=N–C) groups is 1. The predicted molar refractivity (Wildman–Crippen MR) is 78.7 cm³/mol. The molecule has 0 saturated heterocycles. The molecule has 0 bridgehead atoms. The zero-order valence-corrected chi connectivity index (χ0v) is 11.0. The number of anilines is 1. The second-order valence-corrected chi connectivity index (χ2v) is 5.32. The first-order chi connectivity index (χ1) is 9.34. The minimum absolute atomic E-state index is 0.268. The lowest BCUT2D eigenvalue weighted by Crippen LogP contribution is -2.32. The first-order valence-electron chi connectivity index (χ1n) is 6.83. The molecular weight excluding hydrogens is 232 g/mol. The van der Waals surface area contributed by atoms with Gasteiger partial charge in [0.05, 0.1) is 12.1 Å². The molecule has 0 aliphatic carbocycles. The van der Waals surface area contributed by atoms with Gasteiger partial charge in [0.25, 0.3) is 0 Å². The number of nitrogens with zero attached hydrogens (tertiary/aromatic N) is 2. The molecule has 0 spiro atoms. The fraction of sp³-hybridized carbons (Fsp3) is 0.235. The molecule has 2 heteroatoms. The Morgan fingerprint density at radius 3 is 2.58 bits per heavy atom. The van der Waals surface area contributed by atoms with Gasteiger partial charge in [-0.1, -0.05) is 48.5 Å². The summed E-state index contributed by atoms with van der Waals surface area (Å²) in [6.07, 6.45) is 0.976. The number of benzene rings is 2. The molecule has 94 valence electrons. The zero-order chi connectivity index (χ0) is 12.8. The van der Waals surface area contributed by atoms with Crippen LogP contribution in [0, 0.1) is 0 Å². The minimum atomic E-state index is 0.268. The molecule has 0 aromatic heterocycles. The van der Waals surface area contributed by atoms with Crippen LogP contribution >= 0.6 is 0 Å². The van der Waals surface area contributed by atoms with E-state index < -0.39 is 0 Å². The van der Waals surface area contributed by atoms with Crippen molar-refractivity contribution in [1.29, 1.82) is 0 Å². The van der Waals surface area contributed by atoms with E-state index >= 15 is 0 Å². The molecule has 4 rings (SSSR count). The standard InChI is InChI=1S/C17H16N2/c1-12-17(13-7-3-2-4-8-13)18-16-11-14-9-5-6-10-15(14)19(12)16/h2-10,12,17H,11H2,1H3. The van der Waals surface area contributed by atoms with E-state index in [1.807, 2.05) is 0 Å². The molecule has 2 nitrogen and oxygen atoms in total. The molecule has 19 heavy (non-hydrogen) atoms. The van der Waals surface area contributed by atoms with Gasteiger partial charge in [0.15, 0.2) is 0 Å². The average Bonchev–Trinajstić information content (AvgIpc) is 2.97. The molecule has 2 aromatic carbocycles. The monoisotopic (exact) mass is 248 g/mol. The second kappa shape index (κ2) is 3.95. The van der Waals surface area contributed by atoms with Crippen LogP contribution in [0.4, 0.5) is 5.69 Å². The van der Waals surface area contributed by atoms with E-state index in [1.165, 1.54) is 22.6 Å². The van der Waals surface area contributed by atoms with Crippen LogP contribution in [0.25, 0.3) is 0 Å². The molecule has 2 aromatic rings. The Kier molecular flexibility index (Phi) is 2.25. The van der Waals surface area contributed by atoms with E-state index in [1.54, 1.807) is 0 Å². The Hall–Kier alpha value is -2.09. The highest BCUT2D eigenvalue weighted by atomic mass is 15.3. The van der Waals surface area contributed by atoms with Crippen LogP contribution in [-0.2, 0) is 6.42 Å². The Bertz CT molecular complexity index is 645. The van der Waals surface area contributed by atoms with Gasteiger partial charge in [-0.15, -0.1) is 0 Å². The zero-order valence-electron chi connectivity index (χ0n) is 11.0. The highest BCUT2D eigenvalue weighted by Crippen LogP contribution is 2.40. The van der Waals surface area contributed by atoms with Crippen molar-refractivity contribution in [2.75, 3.05) is 4.90 Å². The second-order valence-electron chi connectivity index (χ2n) is 5.32. The fourth-order valence-corrected chi connectivity index (χ4v) is 3.27.